The number of hydrogen-bond donors (Lipinski definition) is 1. The van der Waals surface area contributed by atoms with Crippen LogP contribution >= 0.6 is 11.6 Å². The van der Waals surface area contributed by atoms with Crippen molar-refractivity contribution >= 4 is 17.3 Å². The number of rotatable bonds is 2. The number of para-hydroxylation sites is 1. The number of nitrogens with zero attached hydrogens (tertiary/aromatic N) is 2. The molecule has 1 aromatic carbocycles. The van der Waals surface area contributed by atoms with Gasteiger partial charge in [0.2, 0.25) is 0 Å². The van der Waals surface area contributed by atoms with Gasteiger partial charge in [-0.2, -0.15) is 0 Å². The Bertz CT molecular complexity index is 667. The predicted molar refractivity (Wildman–Crippen MR) is 72.4 cm³/mol. The van der Waals surface area contributed by atoms with Crippen LogP contribution in [0.2, 0.25) is 5.02 Å². The van der Waals surface area contributed by atoms with Crippen molar-refractivity contribution in [1.82, 2.24) is 9.36 Å². The normalized spacial score (nSPS) is 15.0. The van der Waals surface area contributed by atoms with E-state index in [1.54, 1.807) is 10.7 Å². The quantitative estimate of drug-likeness (QED) is 0.904. The van der Waals surface area contributed by atoms with Gasteiger partial charge in [-0.25, -0.2) is 4.68 Å². The fourth-order valence-corrected chi connectivity index (χ4v) is 2.59. The van der Waals surface area contributed by atoms with Gasteiger partial charge < -0.3 is 5.73 Å². The largest absolute Gasteiger partial charge is 0.393 e. The van der Waals surface area contributed by atoms with Crippen LogP contribution in [0.1, 0.15) is 24.5 Å². The summed E-state index contributed by atoms with van der Waals surface area (Å²) in [6, 6.07) is 7.28. The maximum atomic E-state index is 12.3. The van der Waals surface area contributed by atoms with E-state index in [2.05, 4.69) is 0 Å². The highest BCUT2D eigenvalue weighted by Gasteiger charge is 2.31. The topological polar surface area (TPSA) is 52.9 Å². The number of aromatic nitrogens is 2. The van der Waals surface area contributed by atoms with Crippen LogP contribution in [-0.2, 0) is 7.05 Å². The number of nitrogen functional groups attached to an aromatic ring is 1. The summed E-state index contributed by atoms with van der Waals surface area (Å²) in [5.74, 6) is 0.423. The van der Waals surface area contributed by atoms with E-state index in [-0.39, 0.29) is 5.56 Å². The maximum absolute atomic E-state index is 12.3. The Morgan fingerprint density at radius 3 is 2.61 bits per heavy atom. The zero-order valence-corrected chi connectivity index (χ0v) is 10.8. The molecule has 5 heteroatoms. The second-order valence-electron chi connectivity index (χ2n) is 4.67. The second kappa shape index (κ2) is 3.92. The molecule has 0 spiro atoms. The molecule has 1 aliphatic rings. The highest BCUT2D eigenvalue weighted by Crippen LogP contribution is 2.42. The molecule has 0 aliphatic heterocycles. The molecule has 1 aromatic heterocycles. The lowest BCUT2D eigenvalue weighted by molar-refractivity contribution is 0.616. The molecule has 0 saturated heterocycles. The molecule has 0 amide bonds. The van der Waals surface area contributed by atoms with E-state index in [1.165, 1.54) is 0 Å². The number of anilines is 1. The van der Waals surface area contributed by atoms with Crippen LogP contribution in [0.5, 0.6) is 0 Å². The smallest absolute Gasteiger partial charge is 0.294 e. The second-order valence-corrected chi connectivity index (χ2v) is 5.07. The van der Waals surface area contributed by atoms with E-state index in [0.717, 1.165) is 18.5 Å². The van der Waals surface area contributed by atoms with Gasteiger partial charge in [0, 0.05) is 13.0 Å². The summed E-state index contributed by atoms with van der Waals surface area (Å²) in [5.41, 5.74) is 7.70. The van der Waals surface area contributed by atoms with Crippen LogP contribution in [0.3, 0.4) is 0 Å². The number of hydrogen-bond acceptors (Lipinski definition) is 2. The fourth-order valence-electron chi connectivity index (χ4n) is 2.38. The average molecular weight is 264 g/mol. The summed E-state index contributed by atoms with van der Waals surface area (Å²) in [7, 11) is 1.86. The van der Waals surface area contributed by atoms with Crippen LogP contribution in [0.15, 0.2) is 29.1 Å². The molecule has 3 rings (SSSR count). The zero-order chi connectivity index (χ0) is 12.9. The molecule has 18 heavy (non-hydrogen) atoms. The monoisotopic (exact) mass is 263 g/mol. The fraction of sp³-hybridized carbons (Fsp3) is 0.308. The molecule has 1 aliphatic carbocycles. The molecule has 2 N–H and O–H groups in total. The van der Waals surface area contributed by atoms with Crippen molar-refractivity contribution in [2.45, 2.75) is 18.8 Å². The Kier molecular flexibility index (Phi) is 2.48. The molecule has 94 valence electrons. The maximum Gasteiger partial charge on any atom is 0.294 e. The SMILES string of the molecule is Cn1c(C2CC2)c(N)c(=O)n1-c1ccccc1Cl. The number of nitrogens with two attached hydrogens (primary N) is 1. The van der Waals surface area contributed by atoms with E-state index in [0.29, 0.717) is 22.3 Å². The lowest BCUT2D eigenvalue weighted by Crippen LogP contribution is -2.21. The molecule has 0 radical (unpaired) electrons. The summed E-state index contributed by atoms with van der Waals surface area (Å²) >= 11 is 6.15. The Balaban J connectivity index is 2.28. The van der Waals surface area contributed by atoms with Crippen molar-refractivity contribution in [2.75, 3.05) is 5.73 Å². The van der Waals surface area contributed by atoms with Crippen molar-refractivity contribution in [3.05, 3.63) is 45.3 Å². The first-order valence-electron chi connectivity index (χ1n) is 5.93. The van der Waals surface area contributed by atoms with Crippen LogP contribution < -0.4 is 11.3 Å². The van der Waals surface area contributed by atoms with Gasteiger partial charge in [-0.1, -0.05) is 23.7 Å². The molecule has 1 fully saturated rings. The third-order valence-corrected chi connectivity index (χ3v) is 3.71. The Labute approximate surface area is 110 Å². The minimum absolute atomic E-state index is 0.187. The Morgan fingerprint density at radius 2 is 2.00 bits per heavy atom. The Morgan fingerprint density at radius 1 is 1.33 bits per heavy atom. The van der Waals surface area contributed by atoms with Crippen molar-refractivity contribution in [2.24, 2.45) is 7.05 Å². The lowest BCUT2D eigenvalue weighted by Gasteiger charge is -2.10. The molecular formula is C13H14ClN3O. The van der Waals surface area contributed by atoms with E-state index < -0.39 is 0 Å². The van der Waals surface area contributed by atoms with Gasteiger partial charge in [-0.05, 0) is 25.0 Å². The van der Waals surface area contributed by atoms with E-state index >= 15 is 0 Å². The third kappa shape index (κ3) is 1.56. The summed E-state index contributed by atoms with van der Waals surface area (Å²) in [6.45, 7) is 0. The van der Waals surface area contributed by atoms with Gasteiger partial charge in [-0.3, -0.25) is 9.48 Å². The van der Waals surface area contributed by atoms with Crippen molar-refractivity contribution in [3.63, 3.8) is 0 Å². The standard InChI is InChI=1S/C13H14ClN3O/c1-16-12(8-6-7-8)11(15)13(18)17(16)10-5-3-2-4-9(10)14/h2-5,8H,6-7,15H2,1H3. The molecule has 0 unspecified atom stereocenters. The molecule has 0 bridgehead atoms. The van der Waals surface area contributed by atoms with Gasteiger partial charge in [-0.15, -0.1) is 0 Å². The molecule has 0 atom stereocenters. The van der Waals surface area contributed by atoms with Gasteiger partial charge in [0.15, 0.2) is 0 Å². The van der Waals surface area contributed by atoms with Gasteiger partial charge in [0.05, 0.1) is 16.4 Å². The number of benzene rings is 1. The van der Waals surface area contributed by atoms with Crippen molar-refractivity contribution in [1.29, 1.82) is 0 Å². The first-order valence-corrected chi connectivity index (χ1v) is 6.31. The first-order chi connectivity index (χ1) is 8.61. The van der Waals surface area contributed by atoms with Gasteiger partial charge >= 0.3 is 0 Å². The molecule has 1 saturated carbocycles. The predicted octanol–water partition coefficient (Wildman–Crippen LogP) is 2.29. The first kappa shape index (κ1) is 11.4. The summed E-state index contributed by atoms with van der Waals surface area (Å²) in [4.78, 5) is 12.3. The van der Waals surface area contributed by atoms with Crippen molar-refractivity contribution in [3.8, 4) is 5.69 Å². The van der Waals surface area contributed by atoms with Crippen molar-refractivity contribution < 1.29 is 0 Å². The van der Waals surface area contributed by atoms with E-state index in [4.69, 9.17) is 17.3 Å². The zero-order valence-electron chi connectivity index (χ0n) is 10.1. The summed E-state index contributed by atoms with van der Waals surface area (Å²) < 4.78 is 3.38. The minimum atomic E-state index is -0.187. The van der Waals surface area contributed by atoms with Crippen LogP contribution in [0.25, 0.3) is 5.69 Å². The highest BCUT2D eigenvalue weighted by atomic mass is 35.5. The van der Waals surface area contributed by atoms with E-state index in [1.807, 2.05) is 29.9 Å². The van der Waals surface area contributed by atoms with Gasteiger partial charge in [0.1, 0.15) is 5.69 Å². The van der Waals surface area contributed by atoms with Crippen LogP contribution in [-0.4, -0.2) is 9.36 Å². The summed E-state index contributed by atoms with van der Waals surface area (Å²) in [5, 5.41) is 0.544. The average Bonchev–Trinajstić information content (AvgIpc) is 3.13. The molecule has 4 nitrogen and oxygen atoms in total. The summed E-state index contributed by atoms with van der Waals surface area (Å²) in [6.07, 6.45) is 2.20. The minimum Gasteiger partial charge on any atom is -0.393 e. The highest BCUT2D eigenvalue weighted by molar-refractivity contribution is 6.32. The Hall–Kier alpha value is -1.68. The molecule has 1 heterocycles. The van der Waals surface area contributed by atoms with Gasteiger partial charge in [0.25, 0.3) is 5.56 Å². The van der Waals surface area contributed by atoms with E-state index in [9.17, 15) is 4.79 Å². The van der Waals surface area contributed by atoms with Crippen LogP contribution in [0, 0.1) is 0 Å². The molecule has 2 aromatic rings. The third-order valence-electron chi connectivity index (χ3n) is 3.39. The lowest BCUT2D eigenvalue weighted by atomic mass is 10.2. The number of halogens is 1. The van der Waals surface area contributed by atoms with Crippen LogP contribution in [0.4, 0.5) is 5.69 Å². The molecular weight excluding hydrogens is 250 g/mol.